The molecule has 0 saturated carbocycles. The average Bonchev–Trinajstić information content (AvgIpc) is 3.13. The summed E-state index contributed by atoms with van der Waals surface area (Å²) >= 11 is 0. The van der Waals surface area contributed by atoms with Gasteiger partial charge in [0.05, 0.1) is 25.0 Å². The Labute approximate surface area is 200 Å². The standard InChI is InChI=1S/C28H28N2O4/c1-19(2)18-34-24-16-12-22(13-17-24)30-27(31)25(20-10-14-23(33-4)15-11-20)26(28(30)32)29(3)21-8-6-5-7-9-21/h5-17,19H,18H2,1-4H3. The van der Waals surface area contributed by atoms with Crippen LogP contribution in [-0.4, -0.2) is 32.6 Å². The van der Waals surface area contributed by atoms with Crippen LogP contribution in [-0.2, 0) is 9.59 Å². The molecule has 2 amide bonds. The van der Waals surface area contributed by atoms with Crippen molar-refractivity contribution in [3.63, 3.8) is 0 Å². The number of nitrogens with zero attached hydrogens (tertiary/aromatic N) is 2. The number of likely N-dealkylation sites (N-methyl/N-ethyl adjacent to an activating group) is 1. The molecule has 0 fully saturated rings. The van der Waals surface area contributed by atoms with Gasteiger partial charge in [-0.05, 0) is 60.0 Å². The van der Waals surface area contributed by atoms with Crippen LogP contribution in [0, 0.1) is 5.92 Å². The Balaban J connectivity index is 1.74. The molecule has 1 aliphatic heterocycles. The fourth-order valence-electron chi connectivity index (χ4n) is 3.82. The van der Waals surface area contributed by atoms with Crippen molar-refractivity contribution >= 4 is 28.8 Å². The molecule has 1 aliphatic rings. The van der Waals surface area contributed by atoms with Crippen LogP contribution in [0.3, 0.4) is 0 Å². The third-order valence-corrected chi connectivity index (χ3v) is 5.60. The lowest BCUT2D eigenvalue weighted by atomic mass is 10.0. The Morgan fingerprint density at radius 3 is 2.03 bits per heavy atom. The molecule has 4 rings (SSSR count). The Kier molecular flexibility index (Phi) is 6.68. The number of hydrogen-bond acceptors (Lipinski definition) is 5. The van der Waals surface area contributed by atoms with Crippen molar-refractivity contribution in [1.29, 1.82) is 0 Å². The highest BCUT2D eigenvalue weighted by atomic mass is 16.5. The molecule has 0 spiro atoms. The van der Waals surface area contributed by atoms with Crippen molar-refractivity contribution in [2.24, 2.45) is 5.92 Å². The number of para-hydroxylation sites is 1. The van der Waals surface area contributed by atoms with E-state index in [1.54, 1.807) is 67.6 Å². The summed E-state index contributed by atoms with van der Waals surface area (Å²) < 4.78 is 11.0. The zero-order chi connectivity index (χ0) is 24.2. The molecule has 3 aromatic rings. The number of amides is 2. The van der Waals surface area contributed by atoms with E-state index in [1.165, 1.54) is 4.90 Å². The Morgan fingerprint density at radius 1 is 0.824 bits per heavy atom. The molecular formula is C28H28N2O4. The molecule has 174 valence electrons. The minimum Gasteiger partial charge on any atom is -0.497 e. The van der Waals surface area contributed by atoms with E-state index in [-0.39, 0.29) is 11.8 Å². The summed E-state index contributed by atoms with van der Waals surface area (Å²) in [6.45, 7) is 4.75. The summed E-state index contributed by atoms with van der Waals surface area (Å²) in [5.74, 6) is 1.02. The molecule has 0 saturated heterocycles. The first-order valence-corrected chi connectivity index (χ1v) is 11.2. The first-order valence-electron chi connectivity index (χ1n) is 11.2. The first kappa shape index (κ1) is 23.1. The fourth-order valence-corrected chi connectivity index (χ4v) is 3.82. The van der Waals surface area contributed by atoms with Crippen molar-refractivity contribution in [3.8, 4) is 11.5 Å². The van der Waals surface area contributed by atoms with Crippen LogP contribution < -0.4 is 19.3 Å². The molecule has 0 bridgehead atoms. The van der Waals surface area contributed by atoms with E-state index in [0.29, 0.717) is 46.5 Å². The van der Waals surface area contributed by atoms with Crippen LogP contribution in [0.25, 0.3) is 5.57 Å². The van der Waals surface area contributed by atoms with Gasteiger partial charge in [-0.2, -0.15) is 0 Å². The maximum atomic E-state index is 13.7. The number of hydrogen-bond donors (Lipinski definition) is 0. The topological polar surface area (TPSA) is 59.1 Å². The Morgan fingerprint density at radius 2 is 1.44 bits per heavy atom. The van der Waals surface area contributed by atoms with Gasteiger partial charge in [-0.15, -0.1) is 0 Å². The highest BCUT2D eigenvalue weighted by molar-refractivity contribution is 6.46. The first-order chi connectivity index (χ1) is 16.4. The van der Waals surface area contributed by atoms with Crippen LogP contribution in [0.15, 0.2) is 84.6 Å². The highest BCUT2D eigenvalue weighted by Gasteiger charge is 2.42. The quantitative estimate of drug-likeness (QED) is 0.439. The molecule has 6 heteroatoms. The number of imide groups is 1. The van der Waals surface area contributed by atoms with Crippen molar-refractivity contribution in [3.05, 3.63) is 90.1 Å². The zero-order valence-electron chi connectivity index (χ0n) is 19.8. The van der Waals surface area contributed by atoms with Gasteiger partial charge in [0.2, 0.25) is 0 Å². The molecule has 0 radical (unpaired) electrons. The number of carbonyl (C=O) groups is 2. The van der Waals surface area contributed by atoms with Gasteiger partial charge in [0.25, 0.3) is 11.8 Å². The number of ether oxygens (including phenoxy) is 2. The average molecular weight is 457 g/mol. The summed E-state index contributed by atoms with van der Waals surface area (Å²) in [7, 11) is 3.38. The van der Waals surface area contributed by atoms with E-state index >= 15 is 0 Å². The predicted octanol–water partition coefficient (Wildman–Crippen LogP) is 5.15. The van der Waals surface area contributed by atoms with Gasteiger partial charge in [-0.1, -0.05) is 44.2 Å². The fraction of sp³-hybridized carbons (Fsp3) is 0.214. The van der Waals surface area contributed by atoms with E-state index in [9.17, 15) is 9.59 Å². The van der Waals surface area contributed by atoms with Crippen molar-refractivity contribution in [2.75, 3.05) is 30.6 Å². The van der Waals surface area contributed by atoms with Gasteiger partial charge in [-0.25, -0.2) is 4.90 Å². The number of anilines is 2. The predicted molar refractivity (Wildman–Crippen MR) is 134 cm³/mol. The van der Waals surface area contributed by atoms with E-state index in [2.05, 4.69) is 13.8 Å². The SMILES string of the molecule is COc1ccc(C2=C(N(C)c3ccccc3)C(=O)N(c3ccc(OCC(C)C)cc3)C2=O)cc1. The van der Waals surface area contributed by atoms with Gasteiger partial charge in [-0.3, -0.25) is 9.59 Å². The molecule has 0 aromatic heterocycles. The van der Waals surface area contributed by atoms with Crippen LogP contribution in [0.4, 0.5) is 11.4 Å². The van der Waals surface area contributed by atoms with Crippen LogP contribution in [0.1, 0.15) is 19.4 Å². The monoisotopic (exact) mass is 456 g/mol. The number of methoxy groups -OCH3 is 1. The molecule has 0 N–H and O–H groups in total. The van der Waals surface area contributed by atoms with Crippen LogP contribution >= 0.6 is 0 Å². The summed E-state index contributed by atoms with van der Waals surface area (Å²) in [6.07, 6.45) is 0. The van der Waals surface area contributed by atoms with E-state index in [0.717, 1.165) is 5.69 Å². The number of rotatable bonds is 8. The molecular weight excluding hydrogens is 428 g/mol. The van der Waals surface area contributed by atoms with Gasteiger partial charge < -0.3 is 14.4 Å². The lowest BCUT2D eigenvalue weighted by Gasteiger charge is -2.21. The number of carbonyl (C=O) groups excluding carboxylic acids is 2. The van der Waals surface area contributed by atoms with E-state index in [1.807, 2.05) is 30.3 Å². The maximum absolute atomic E-state index is 13.7. The molecule has 3 aromatic carbocycles. The van der Waals surface area contributed by atoms with Gasteiger partial charge in [0, 0.05) is 12.7 Å². The second-order valence-corrected chi connectivity index (χ2v) is 8.49. The third kappa shape index (κ3) is 4.53. The lowest BCUT2D eigenvalue weighted by Crippen LogP contribution is -2.34. The van der Waals surface area contributed by atoms with Gasteiger partial charge in [0.15, 0.2) is 0 Å². The van der Waals surface area contributed by atoms with Crippen molar-refractivity contribution < 1.29 is 19.1 Å². The third-order valence-electron chi connectivity index (χ3n) is 5.60. The van der Waals surface area contributed by atoms with Crippen LogP contribution in [0.5, 0.6) is 11.5 Å². The zero-order valence-corrected chi connectivity index (χ0v) is 19.8. The van der Waals surface area contributed by atoms with Gasteiger partial charge >= 0.3 is 0 Å². The minimum absolute atomic E-state index is 0.321. The second kappa shape index (κ2) is 9.83. The van der Waals surface area contributed by atoms with E-state index in [4.69, 9.17) is 9.47 Å². The maximum Gasteiger partial charge on any atom is 0.282 e. The van der Waals surface area contributed by atoms with Crippen molar-refractivity contribution in [1.82, 2.24) is 0 Å². The Hall–Kier alpha value is -4.06. The molecule has 1 heterocycles. The highest BCUT2D eigenvalue weighted by Crippen LogP contribution is 2.37. The van der Waals surface area contributed by atoms with E-state index < -0.39 is 0 Å². The van der Waals surface area contributed by atoms with Crippen LogP contribution in [0.2, 0.25) is 0 Å². The van der Waals surface area contributed by atoms with Crippen molar-refractivity contribution in [2.45, 2.75) is 13.8 Å². The summed E-state index contributed by atoms with van der Waals surface area (Å²) in [4.78, 5) is 30.3. The smallest absolute Gasteiger partial charge is 0.282 e. The lowest BCUT2D eigenvalue weighted by molar-refractivity contribution is -0.120. The Bertz CT molecular complexity index is 1200. The second-order valence-electron chi connectivity index (χ2n) is 8.49. The molecule has 0 atom stereocenters. The molecule has 0 aliphatic carbocycles. The number of benzene rings is 3. The molecule has 34 heavy (non-hydrogen) atoms. The van der Waals surface area contributed by atoms with Gasteiger partial charge in [0.1, 0.15) is 17.2 Å². The summed E-state index contributed by atoms with van der Waals surface area (Å²) in [6, 6.07) is 23.7. The largest absolute Gasteiger partial charge is 0.497 e. The minimum atomic E-state index is -0.377. The normalized spacial score (nSPS) is 13.6. The molecule has 6 nitrogen and oxygen atoms in total. The summed E-state index contributed by atoms with van der Waals surface area (Å²) in [5, 5.41) is 0. The molecule has 0 unspecified atom stereocenters. The summed E-state index contributed by atoms with van der Waals surface area (Å²) in [5.41, 5.74) is 2.62.